The van der Waals surface area contributed by atoms with E-state index in [1.54, 1.807) is 30.6 Å². The summed E-state index contributed by atoms with van der Waals surface area (Å²) in [5.41, 5.74) is 1.35. The van der Waals surface area contributed by atoms with E-state index in [-0.39, 0.29) is 17.9 Å². The lowest BCUT2D eigenvalue weighted by Crippen LogP contribution is -2.17. The van der Waals surface area contributed by atoms with E-state index in [9.17, 15) is 9.59 Å². The molecule has 5 nitrogen and oxygen atoms in total. The van der Waals surface area contributed by atoms with Crippen LogP contribution in [-0.2, 0) is 16.0 Å². The second kappa shape index (κ2) is 6.85. The fourth-order valence-electron chi connectivity index (χ4n) is 1.79. The molecule has 0 spiro atoms. The highest BCUT2D eigenvalue weighted by Gasteiger charge is 2.14. The van der Waals surface area contributed by atoms with Crippen LogP contribution in [0.3, 0.4) is 0 Å². The number of amides is 1. The standard InChI is InChI=1S/C15H13ClN2O3/c1-21-15(20)12-5-4-11(16)8-13(12)18-14(19)7-10-3-2-6-17-9-10/h2-6,8-9H,7H2,1H3,(H,18,19). The van der Waals surface area contributed by atoms with Gasteiger partial charge in [0.2, 0.25) is 5.91 Å². The van der Waals surface area contributed by atoms with Crippen molar-refractivity contribution in [1.82, 2.24) is 4.98 Å². The number of methoxy groups -OCH3 is 1. The van der Waals surface area contributed by atoms with Crippen molar-refractivity contribution in [3.05, 3.63) is 58.9 Å². The first-order valence-corrected chi connectivity index (χ1v) is 6.54. The Morgan fingerprint density at radius 3 is 2.81 bits per heavy atom. The van der Waals surface area contributed by atoms with E-state index >= 15 is 0 Å². The van der Waals surface area contributed by atoms with Crippen LogP contribution in [0.5, 0.6) is 0 Å². The molecule has 0 aliphatic heterocycles. The van der Waals surface area contributed by atoms with Crippen LogP contribution in [0, 0.1) is 0 Å². The van der Waals surface area contributed by atoms with Crippen molar-refractivity contribution < 1.29 is 14.3 Å². The number of hydrogen-bond donors (Lipinski definition) is 1. The lowest BCUT2D eigenvalue weighted by molar-refractivity contribution is -0.115. The molecule has 0 saturated carbocycles. The topological polar surface area (TPSA) is 68.3 Å². The molecule has 2 aromatic rings. The Labute approximate surface area is 126 Å². The molecule has 2 rings (SSSR count). The summed E-state index contributed by atoms with van der Waals surface area (Å²) in [6, 6.07) is 8.13. The Morgan fingerprint density at radius 2 is 2.14 bits per heavy atom. The van der Waals surface area contributed by atoms with Crippen LogP contribution in [0.25, 0.3) is 0 Å². The van der Waals surface area contributed by atoms with Crippen LogP contribution in [0.2, 0.25) is 5.02 Å². The van der Waals surface area contributed by atoms with Gasteiger partial charge in [0, 0.05) is 17.4 Å². The summed E-state index contributed by atoms with van der Waals surface area (Å²) >= 11 is 5.89. The van der Waals surface area contributed by atoms with Crippen LogP contribution < -0.4 is 5.32 Å². The summed E-state index contributed by atoms with van der Waals surface area (Å²) in [7, 11) is 1.28. The van der Waals surface area contributed by atoms with Crippen molar-refractivity contribution in [3.63, 3.8) is 0 Å². The minimum atomic E-state index is -0.539. The molecule has 21 heavy (non-hydrogen) atoms. The number of hydrogen-bond acceptors (Lipinski definition) is 4. The largest absolute Gasteiger partial charge is 0.465 e. The van der Waals surface area contributed by atoms with E-state index < -0.39 is 5.97 Å². The molecule has 1 N–H and O–H groups in total. The maximum Gasteiger partial charge on any atom is 0.339 e. The van der Waals surface area contributed by atoms with Crippen molar-refractivity contribution in [3.8, 4) is 0 Å². The number of nitrogens with zero attached hydrogens (tertiary/aromatic N) is 1. The highest BCUT2D eigenvalue weighted by Crippen LogP contribution is 2.22. The molecule has 108 valence electrons. The number of benzene rings is 1. The molecule has 0 aliphatic rings. The first-order valence-electron chi connectivity index (χ1n) is 6.17. The zero-order valence-corrected chi connectivity index (χ0v) is 12.1. The Bertz CT molecular complexity index is 659. The van der Waals surface area contributed by atoms with Crippen LogP contribution in [0.1, 0.15) is 15.9 Å². The third-order valence-corrected chi connectivity index (χ3v) is 2.98. The lowest BCUT2D eigenvalue weighted by Gasteiger charge is -2.10. The minimum absolute atomic E-state index is 0.154. The summed E-state index contributed by atoms with van der Waals surface area (Å²) in [4.78, 5) is 27.6. The van der Waals surface area contributed by atoms with Crippen LogP contribution >= 0.6 is 11.6 Å². The monoisotopic (exact) mass is 304 g/mol. The molecule has 1 aromatic carbocycles. The molecule has 6 heteroatoms. The quantitative estimate of drug-likeness (QED) is 0.882. The molecular formula is C15H13ClN2O3. The van der Waals surface area contributed by atoms with Crippen LogP contribution in [-0.4, -0.2) is 24.0 Å². The Balaban J connectivity index is 2.16. The SMILES string of the molecule is COC(=O)c1ccc(Cl)cc1NC(=O)Cc1cccnc1. The molecule has 1 heterocycles. The third-order valence-electron chi connectivity index (χ3n) is 2.75. The average molecular weight is 305 g/mol. The average Bonchev–Trinajstić information content (AvgIpc) is 2.47. The highest BCUT2D eigenvalue weighted by molar-refractivity contribution is 6.31. The van der Waals surface area contributed by atoms with Gasteiger partial charge in [-0.05, 0) is 29.8 Å². The first kappa shape index (κ1) is 15.0. The Hall–Kier alpha value is -2.40. The highest BCUT2D eigenvalue weighted by atomic mass is 35.5. The Kier molecular flexibility index (Phi) is 4.90. The molecule has 0 aliphatic carbocycles. The molecular weight excluding hydrogens is 292 g/mol. The number of anilines is 1. The molecule has 0 unspecified atom stereocenters. The first-order chi connectivity index (χ1) is 10.1. The number of ether oxygens (including phenoxy) is 1. The van der Waals surface area contributed by atoms with Crippen molar-refractivity contribution in [2.75, 3.05) is 12.4 Å². The van der Waals surface area contributed by atoms with Gasteiger partial charge in [-0.25, -0.2) is 4.79 Å². The van der Waals surface area contributed by atoms with Gasteiger partial charge >= 0.3 is 5.97 Å². The summed E-state index contributed by atoms with van der Waals surface area (Å²) in [5, 5.41) is 3.08. The van der Waals surface area contributed by atoms with Gasteiger partial charge in [0.1, 0.15) is 0 Å². The van der Waals surface area contributed by atoms with Crippen molar-refractivity contribution in [1.29, 1.82) is 0 Å². The molecule has 1 amide bonds. The van der Waals surface area contributed by atoms with Gasteiger partial charge in [-0.3, -0.25) is 9.78 Å². The van der Waals surface area contributed by atoms with Gasteiger partial charge in [-0.15, -0.1) is 0 Å². The van der Waals surface area contributed by atoms with Gasteiger partial charge in [-0.2, -0.15) is 0 Å². The van der Waals surface area contributed by atoms with E-state index in [0.29, 0.717) is 10.7 Å². The normalized spacial score (nSPS) is 10.0. The van der Waals surface area contributed by atoms with Crippen molar-refractivity contribution in [2.45, 2.75) is 6.42 Å². The van der Waals surface area contributed by atoms with Gasteiger partial charge in [0.15, 0.2) is 0 Å². The fraction of sp³-hybridized carbons (Fsp3) is 0.133. The molecule has 0 bridgehead atoms. The number of carbonyl (C=O) groups excluding carboxylic acids is 2. The number of carbonyl (C=O) groups is 2. The number of nitrogens with one attached hydrogen (secondary N) is 1. The van der Waals surface area contributed by atoms with Gasteiger partial charge in [0.05, 0.1) is 24.8 Å². The second-order valence-electron chi connectivity index (χ2n) is 4.27. The van der Waals surface area contributed by atoms with Gasteiger partial charge < -0.3 is 10.1 Å². The molecule has 0 saturated heterocycles. The molecule has 1 aromatic heterocycles. The molecule has 0 radical (unpaired) electrons. The zero-order valence-electron chi connectivity index (χ0n) is 11.3. The summed E-state index contributed by atoms with van der Waals surface area (Å²) < 4.78 is 4.67. The summed E-state index contributed by atoms with van der Waals surface area (Å²) in [6.07, 6.45) is 3.40. The number of esters is 1. The predicted molar refractivity (Wildman–Crippen MR) is 79.4 cm³/mol. The summed E-state index contributed by atoms with van der Waals surface area (Å²) in [5.74, 6) is -0.807. The van der Waals surface area contributed by atoms with Crippen molar-refractivity contribution >= 4 is 29.2 Å². The third kappa shape index (κ3) is 4.03. The maximum atomic E-state index is 12.0. The zero-order chi connectivity index (χ0) is 15.2. The van der Waals surface area contributed by atoms with E-state index in [1.165, 1.54) is 19.2 Å². The number of halogens is 1. The summed E-state index contributed by atoms with van der Waals surface area (Å²) in [6.45, 7) is 0. The Morgan fingerprint density at radius 1 is 1.33 bits per heavy atom. The smallest absolute Gasteiger partial charge is 0.339 e. The van der Waals surface area contributed by atoms with Crippen LogP contribution in [0.15, 0.2) is 42.7 Å². The van der Waals surface area contributed by atoms with E-state index in [1.807, 2.05) is 0 Å². The number of pyridine rings is 1. The number of rotatable bonds is 4. The van der Waals surface area contributed by atoms with Crippen molar-refractivity contribution in [2.24, 2.45) is 0 Å². The fourth-order valence-corrected chi connectivity index (χ4v) is 1.96. The van der Waals surface area contributed by atoms with E-state index in [2.05, 4.69) is 15.0 Å². The van der Waals surface area contributed by atoms with Gasteiger partial charge in [0.25, 0.3) is 0 Å². The minimum Gasteiger partial charge on any atom is -0.465 e. The number of aromatic nitrogens is 1. The van der Waals surface area contributed by atoms with Gasteiger partial charge in [-0.1, -0.05) is 17.7 Å². The van der Waals surface area contributed by atoms with E-state index in [0.717, 1.165) is 5.56 Å². The maximum absolute atomic E-state index is 12.0. The lowest BCUT2D eigenvalue weighted by atomic mass is 10.1. The second-order valence-corrected chi connectivity index (χ2v) is 4.70. The molecule has 0 atom stereocenters. The molecule has 0 fully saturated rings. The predicted octanol–water partition coefficient (Wildman–Crippen LogP) is 2.70. The van der Waals surface area contributed by atoms with Crippen LogP contribution in [0.4, 0.5) is 5.69 Å². The van der Waals surface area contributed by atoms with E-state index in [4.69, 9.17) is 11.6 Å².